The number of imidazole rings is 1. The van der Waals surface area contributed by atoms with E-state index in [9.17, 15) is 4.79 Å². The van der Waals surface area contributed by atoms with E-state index in [2.05, 4.69) is 30.7 Å². The molecule has 1 N–H and O–H groups in total. The van der Waals surface area contributed by atoms with E-state index < -0.39 is 0 Å². The van der Waals surface area contributed by atoms with Crippen molar-refractivity contribution in [2.45, 2.75) is 25.4 Å². The summed E-state index contributed by atoms with van der Waals surface area (Å²) < 4.78 is 4.35. The zero-order valence-electron chi connectivity index (χ0n) is 15.5. The number of hydrogen-bond acceptors (Lipinski definition) is 4. The van der Waals surface area contributed by atoms with Crippen LogP contribution < -0.4 is 5.32 Å². The van der Waals surface area contributed by atoms with E-state index in [1.807, 2.05) is 48.8 Å². The SMILES string of the molecule is CNC(=O)c1ccc(-c2nc3ccccc3n2Cc2nncn2C2CC2)cc1. The Morgan fingerprint density at radius 1 is 1.14 bits per heavy atom. The lowest BCUT2D eigenvalue weighted by Crippen LogP contribution is -2.17. The highest BCUT2D eigenvalue weighted by Crippen LogP contribution is 2.35. The number of carbonyl (C=O) groups is 1. The lowest BCUT2D eigenvalue weighted by atomic mass is 10.1. The van der Waals surface area contributed by atoms with Gasteiger partial charge < -0.3 is 14.5 Å². The summed E-state index contributed by atoms with van der Waals surface area (Å²) in [4.78, 5) is 16.7. The van der Waals surface area contributed by atoms with E-state index >= 15 is 0 Å². The minimum absolute atomic E-state index is 0.0995. The molecule has 28 heavy (non-hydrogen) atoms. The molecule has 1 saturated carbocycles. The first-order valence-corrected chi connectivity index (χ1v) is 9.41. The summed E-state index contributed by atoms with van der Waals surface area (Å²) in [5.74, 6) is 1.70. The molecule has 7 heteroatoms. The van der Waals surface area contributed by atoms with Gasteiger partial charge in [-0.25, -0.2) is 4.98 Å². The number of benzene rings is 2. The zero-order valence-corrected chi connectivity index (χ0v) is 15.5. The van der Waals surface area contributed by atoms with Crippen molar-refractivity contribution in [1.29, 1.82) is 0 Å². The van der Waals surface area contributed by atoms with E-state index in [4.69, 9.17) is 4.98 Å². The summed E-state index contributed by atoms with van der Waals surface area (Å²) in [5, 5.41) is 11.1. The normalized spacial score (nSPS) is 13.8. The maximum atomic E-state index is 11.8. The molecule has 2 heterocycles. The fourth-order valence-corrected chi connectivity index (χ4v) is 3.55. The highest BCUT2D eigenvalue weighted by Gasteiger charge is 2.26. The van der Waals surface area contributed by atoms with Gasteiger partial charge in [0.15, 0.2) is 5.82 Å². The molecule has 1 fully saturated rings. The van der Waals surface area contributed by atoms with Gasteiger partial charge in [0.25, 0.3) is 5.91 Å². The van der Waals surface area contributed by atoms with Gasteiger partial charge in [0.05, 0.1) is 17.6 Å². The minimum atomic E-state index is -0.0995. The standard InChI is InChI=1S/C21H20N6O/c1-22-21(28)15-8-6-14(7-9-15)20-24-17-4-2-3-5-18(17)26(20)12-19-25-23-13-27(19)16-10-11-16/h2-9,13,16H,10-12H2,1H3,(H,22,28). The highest BCUT2D eigenvalue weighted by molar-refractivity contribution is 5.94. The lowest BCUT2D eigenvalue weighted by molar-refractivity contribution is 0.0963. The molecule has 0 aliphatic heterocycles. The second kappa shape index (κ2) is 6.60. The van der Waals surface area contributed by atoms with E-state index in [1.54, 1.807) is 7.05 Å². The monoisotopic (exact) mass is 372 g/mol. The number of hydrogen-bond donors (Lipinski definition) is 1. The van der Waals surface area contributed by atoms with Gasteiger partial charge in [-0.15, -0.1) is 10.2 Å². The van der Waals surface area contributed by atoms with Crippen molar-refractivity contribution in [3.05, 3.63) is 66.2 Å². The number of rotatable bonds is 5. The van der Waals surface area contributed by atoms with Crippen LogP contribution in [0.5, 0.6) is 0 Å². The van der Waals surface area contributed by atoms with Crippen LogP contribution in [0.4, 0.5) is 0 Å². The first-order valence-electron chi connectivity index (χ1n) is 9.41. The van der Waals surface area contributed by atoms with Gasteiger partial charge in [-0.05, 0) is 37.1 Å². The van der Waals surface area contributed by atoms with Gasteiger partial charge in [0.1, 0.15) is 12.2 Å². The van der Waals surface area contributed by atoms with Crippen LogP contribution in [0.3, 0.4) is 0 Å². The summed E-state index contributed by atoms with van der Waals surface area (Å²) >= 11 is 0. The van der Waals surface area contributed by atoms with Gasteiger partial charge in [-0.2, -0.15) is 0 Å². The Bertz CT molecular complexity index is 1150. The third kappa shape index (κ3) is 2.85. The second-order valence-corrected chi connectivity index (χ2v) is 7.05. The number of amides is 1. The number of aromatic nitrogens is 5. The van der Waals surface area contributed by atoms with Gasteiger partial charge in [-0.3, -0.25) is 4.79 Å². The summed E-state index contributed by atoms with van der Waals surface area (Å²) in [7, 11) is 1.63. The molecule has 0 atom stereocenters. The Morgan fingerprint density at radius 3 is 2.68 bits per heavy atom. The van der Waals surface area contributed by atoms with Crippen LogP contribution in [0.1, 0.15) is 35.1 Å². The maximum Gasteiger partial charge on any atom is 0.251 e. The third-order valence-electron chi connectivity index (χ3n) is 5.17. The molecular weight excluding hydrogens is 352 g/mol. The topological polar surface area (TPSA) is 77.6 Å². The molecule has 5 rings (SSSR count). The van der Waals surface area contributed by atoms with Crippen LogP contribution >= 0.6 is 0 Å². The minimum Gasteiger partial charge on any atom is -0.355 e. The van der Waals surface area contributed by atoms with Crippen molar-refractivity contribution >= 4 is 16.9 Å². The Labute approximate surface area is 162 Å². The Morgan fingerprint density at radius 2 is 1.93 bits per heavy atom. The van der Waals surface area contributed by atoms with Crippen LogP contribution in [0.2, 0.25) is 0 Å². The molecule has 1 amide bonds. The first kappa shape index (κ1) is 16.7. The lowest BCUT2D eigenvalue weighted by Gasteiger charge is -2.11. The quantitative estimate of drug-likeness (QED) is 0.584. The van der Waals surface area contributed by atoms with Gasteiger partial charge in [-0.1, -0.05) is 24.3 Å². The van der Waals surface area contributed by atoms with Crippen molar-refractivity contribution in [2.75, 3.05) is 7.05 Å². The van der Waals surface area contributed by atoms with E-state index in [0.29, 0.717) is 18.2 Å². The molecular formula is C21H20N6O. The molecule has 0 radical (unpaired) electrons. The largest absolute Gasteiger partial charge is 0.355 e. The molecule has 2 aromatic heterocycles. The molecule has 0 spiro atoms. The number of fused-ring (bicyclic) bond motifs is 1. The number of nitrogens with one attached hydrogen (secondary N) is 1. The molecule has 1 aliphatic carbocycles. The van der Waals surface area contributed by atoms with E-state index in [0.717, 1.165) is 28.2 Å². The van der Waals surface area contributed by atoms with Gasteiger partial charge in [0.2, 0.25) is 0 Å². The third-order valence-corrected chi connectivity index (χ3v) is 5.17. The number of para-hydroxylation sites is 2. The van der Waals surface area contributed by atoms with Crippen LogP contribution in [-0.2, 0) is 6.54 Å². The fourth-order valence-electron chi connectivity index (χ4n) is 3.55. The second-order valence-electron chi connectivity index (χ2n) is 7.05. The summed E-state index contributed by atoms with van der Waals surface area (Å²) in [6.07, 6.45) is 4.19. The number of carbonyl (C=O) groups excluding carboxylic acids is 1. The van der Waals surface area contributed by atoms with Crippen LogP contribution in [-0.4, -0.2) is 37.3 Å². The average molecular weight is 372 g/mol. The summed E-state index contributed by atoms with van der Waals surface area (Å²) in [6.45, 7) is 0.601. The average Bonchev–Trinajstić information content (AvgIpc) is 3.37. The molecule has 4 aromatic rings. The van der Waals surface area contributed by atoms with Gasteiger partial charge >= 0.3 is 0 Å². The molecule has 0 bridgehead atoms. The maximum absolute atomic E-state index is 11.8. The smallest absolute Gasteiger partial charge is 0.251 e. The first-order chi connectivity index (χ1) is 13.7. The fraction of sp³-hybridized carbons (Fsp3) is 0.238. The summed E-state index contributed by atoms with van der Waals surface area (Å²) in [6, 6.07) is 16.1. The number of nitrogens with zero attached hydrogens (tertiary/aromatic N) is 5. The van der Waals surface area contributed by atoms with Crippen LogP contribution in [0, 0.1) is 0 Å². The van der Waals surface area contributed by atoms with E-state index in [-0.39, 0.29) is 5.91 Å². The van der Waals surface area contributed by atoms with Crippen LogP contribution in [0.25, 0.3) is 22.4 Å². The molecule has 0 unspecified atom stereocenters. The van der Waals surface area contributed by atoms with Crippen molar-refractivity contribution in [1.82, 2.24) is 29.6 Å². The molecule has 7 nitrogen and oxygen atoms in total. The van der Waals surface area contributed by atoms with Crippen LogP contribution in [0.15, 0.2) is 54.9 Å². The van der Waals surface area contributed by atoms with Crippen molar-refractivity contribution in [3.63, 3.8) is 0 Å². The van der Waals surface area contributed by atoms with Crippen molar-refractivity contribution < 1.29 is 4.79 Å². The molecule has 2 aromatic carbocycles. The molecule has 0 saturated heterocycles. The molecule has 140 valence electrons. The Balaban J connectivity index is 1.59. The summed E-state index contributed by atoms with van der Waals surface area (Å²) in [5.41, 5.74) is 3.58. The van der Waals surface area contributed by atoms with Crippen molar-refractivity contribution in [3.8, 4) is 11.4 Å². The molecule has 1 aliphatic rings. The van der Waals surface area contributed by atoms with E-state index in [1.165, 1.54) is 12.8 Å². The predicted octanol–water partition coefficient (Wildman–Crippen LogP) is 3.04. The predicted molar refractivity (Wildman–Crippen MR) is 106 cm³/mol. The zero-order chi connectivity index (χ0) is 19.1. The Kier molecular flexibility index (Phi) is 3.93. The van der Waals surface area contributed by atoms with Crippen molar-refractivity contribution in [2.24, 2.45) is 0 Å². The highest BCUT2D eigenvalue weighted by atomic mass is 16.1. The van der Waals surface area contributed by atoms with Gasteiger partial charge in [0, 0.05) is 24.2 Å². The Hall–Kier alpha value is -3.48.